The molecule has 0 heterocycles. The first-order valence-corrected chi connectivity index (χ1v) is 8.12. The number of halogens is 2. The van der Waals surface area contributed by atoms with Gasteiger partial charge in [-0.1, -0.05) is 25.2 Å². The van der Waals surface area contributed by atoms with Gasteiger partial charge in [0.25, 0.3) is 5.91 Å². The normalized spacial score (nSPS) is 25.4. The van der Waals surface area contributed by atoms with E-state index in [1.165, 1.54) is 6.07 Å². The maximum atomic E-state index is 13.9. The first-order valence-electron chi connectivity index (χ1n) is 6.92. The van der Waals surface area contributed by atoms with Gasteiger partial charge in [0.05, 0.1) is 16.1 Å². The van der Waals surface area contributed by atoms with Gasteiger partial charge in [-0.05, 0) is 59.7 Å². The van der Waals surface area contributed by atoms with Crippen LogP contribution in [0.3, 0.4) is 0 Å². The Morgan fingerprint density at radius 3 is 2.62 bits per heavy atom. The third kappa shape index (κ3) is 3.43. The summed E-state index contributed by atoms with van der Waals surface area (Å²) in [5, 5.41) is 2.88. The number of carbonyl (C=O) groups excluding carboxylic acids is 1. The fourth-order valence-electron chi connectivity index (χ4n) is 2.68. The average Bonchev–Trinajstić information content (AvgIpc) is 2.41. The van der Waals surface area contributed by atoms with Crippen molar-refractivity contribution in [2.45, 2.75) is 38.1 Å². The lowest BCUT2D eigenvalue weighted by Crippen LogP contribution is -2.58. The SMILES string of the molecule is CC1CCC(NC(=O)c2c(F)cccc2Br)(C(N)=S)CC1. The molecule has 114 valence electrons. The zero-order chi connectivity index (χ0) is 15.6. The van der Waals surface area contributed by atoms with E-state index in [-0.39, 0.29) is 10.6 Å². The summed E-state index contributed by atoms with van der Waals surface area (Å²) in [6.07, 6.45) is 3.27. The third-order valence-corrected chi connectivity index (χ3v) is 5.19. The lowest BCUT2D eigenvalue weighted by Gasteiger charge is -2.39. The van der Waals surface area contributed by atoms with Gasteiger partial charge in [-0.3, -0.25) is 4.79 Å². The fourth-order valence-corrected chi connectivity index (χ4v) is 3.46. The van der Waals surface area contributed by atoms with E-state index in [9.17, 15) is 9.18 Å². The number of amides is 1. The Morgan fingerprint density at radius 1 is 1.48 bits per heavy atom. The highest BCUT2D eigenvalue weighted by atomic mass is 79.9. The summed E-state index contributed by atoms with van der Waals surface area (Å²) < 4.78 is 14.3. The monoisotopic (exact) mass is 372 g/mol. The van der Waals surface area contributed by atoms with E-state index in [0.717, 1.165) is 12.8 Å². The van der Waals surface area contributed by atoms with Crippen molar-refractivity contribution in [3.63, 3.8) is 0 Å². The Labute approximate surface area is 137 Å². The van der Waals surface area contributed by atoms with Crippen molar-refractivity contribution in [2.75, 3.05) is 0 Å². The molecule has 2 rings (SSSR count). The second-order valence-electron chi connectivity index (χ2n) is 5.68. The smallest absolute Gasteiger partial charge is 0.256 e. The molecule has 0 aliphatic heterocycles. The Kier molecular flexibility index (Phi) is 4.99. The highest BCUT2D eigenvalue weighted by Crippen LogP contribution is 2.33. The van der Waals surface area contributed by atoms with Crippen LogP contribution in [0.25, 0.3) is 0 Å². The van der Waals surface area contributed by atoms with Crippen LogP contribution in [-0.4, -0.2) is 16.4 Å². The van der Waals surface area contributed by atoms with Crippen LogP contribution < -0.4 is 11.1 Å². The molecule has 0 unspecified atom stereocenters. The van der Waals surface area contributed by atoms with E-state index in [0.29, 0.717) is 23.2 Å². The van der Waals surface area contributed by atoms with E-state index < -0.39 is 17.3 Å². The van der Waals surface area contributed by atoms with Gasteiger partial charge in [-0.2, -0.15) is 0 Å². The molecule has 1 aliphatic rings. The zero-order valence-corrected chi connectivity index (χ0v) is 14.2. The summed E-state index contributed by atoms with van der Waals surface area (Å²) in [4.78, 5) is 12.7. The van der Waals surface area contributed by atoms with Gasteiger partial charge in [0.15, 0.2) is 0 Å². The molecule has 0 atom stereocenters. The molecule has 3 nitrogen and oxygen atoms in total. The summed E-state index contributed by atoms with van der Waals surface area (Å²) >= 11 is 8.37. The van der Waals surface area contributed by atoms with E-state index in [2.05, 4.69) is 28.2 Å². The maximum absolute atomic E-state index is 13.9. The largest absolute Gasteiger partial charge is 0.391 e. The highest BCUT2D eigenvalue weighted by Gasteiger charge is 2.39. The van der Waals surface area contributed by atoms with Gasteiger partial charge < -0.3 is 11.1 Å². The van der Waals surface area contributed by atoms with Crippen LogP contribution in [-0.2, 0) is 0 Å². The molecule has 0 bridgehead atoms. The first-order chi connectivity index (χ1) is 9.85. The predicted octanol–water partition coefficient (Wildman–Crippen LogP) is 3.55. The molecule has 1 aromatic rings. The first kappa shape index (κ1) is 16.4. The van der Waals surface area contributed by atoms with Crippen LogP contribution in [0.4, 0.5) is 4.39 Å². The minimum atomic E-state index is -0.708. The van der Waals surface area contributed by atoms with Crippen LogP contribution in [0.2, 0.25) is 0 Å². The number of thiocarbonyl (C=S) groups is 1. The summed E-state index contributed by atoms with van der Waals surface area (Å²) in [7, 11) is 0. The lowest BCUT2D eigenvalue weighted by atomic mass is 9.77. The number of rotatable bonds is 3. The lowest BCUT2D eigenvalue weighted by molar-refractivity contribution is 0.0895. The molecule has 1 aromatic carbocycles. The van der Waals surface area contributed by atoms with Crippen molar-refractivity contribution >= 4 is 39.0 Å². The summed E-state index contributed by atoms with van der Waals surface area (Å²) in [5.74, 6) is -0.462. The van der Waals surface area contributed by atoms with E-state index in [1.807, 2.05) is 0 Å². The van der Waals surface area contributed by atoms with Crippen LogP contribution in [0.1, 0.15) is 43.0 Å². The number of hydrogen-bond donors (Lipinski definition) is 2. The van der Waals surface area contributed by atoms with Gasteiger partial charge in [-0.25, -0.2) is 4.39 Å². The highest BCUT2D eigenvalue weighted by molar-refractivity contribution is 9.10. The molecule has 1 fully saturated rings. The number of benzene rings is 1. The predicted molar refractivity (Wildman–Crippen MR) is 88.7 cm³/mol. The summed E-state index contributed by atoms with van der Waals surface area (Å²) in [6.45, 7) is 2.17. The van der Waals surface area contributed by atoms with Crippen LogP contribution in [0.5, 0.6) is 0 Å². The van der Waals surface area contributed by atoms with Crippen molar-refractivity contribution in [2.24, 2.45) is 11.7 Å². The molecule has 0 saturated heterocycles. The maximum Gasteiger partial charge on any atom is 0.256 e. The van der Waals surface area contributed by atoms with Crippen molar-refractivity contribution in [1.29, 1.82) is 0 Å². The Hall–Kier alpha value is -1.01. The number of hydrogen-bond acceptors (Lipinski definition) is 2. The van der Waals surface area contributed by atoms with Crippen LogP contribution >= 0.6 is 28.1 Å². The Morgan fingerprint density at radius 2 is 2.10 bits per heavy atom. The topological polar surface area (TPSA) is 55.1 Å². The van der Waals surface area contributed by atoms with Gasteiger partial charge >= 0.3 is 0 Å². The van der Waals surface area contributed by atoms with Crippen molar-refractivity contribution < 1.29 is 9.18 Å². The summed E-state index contributed by atoms with van der Waals surface area (Å²) in [5.41, 5.74) is 5.15. The molecule has 1 amide bonds. The second kappa shape index (κ2) is 6.40. The van der Waals surface area contributed by atoms with Crippen molar-refractivity contribution in [3.8, 4) is 0 Å². The average molecular weight is 373 g/mol. The van der Waals surface area contributed by atoms with E-state index in [4.69, 9.17) is 18.0 Å². The molecular formula is C15H18BrFN2OS. The second-order valence-corrected chi connectivity index (χ2v) is 6.97. The van der Waals surface area contributed by atoms with Crippen LogP contribution in [0.15, 0.2) is 22.7 Å². The molecule has 6 heteroatoms. The van der Waals surface area contributed by atoms with Crippen molar-refractivity contribution in [1.82, 2.24) is 5.32 Å². The quantitative estimate of drug-likeness (QED) is 0.797. The summed E-state index contributed by atoms with van der Waals surface area (Å²) in [6, 6.07) is 4.44. The van der Waals surface area contributed by atoms with Gasteiger partial charge in [0.1, 0.15) is 5.82 Å². The molecule has 0 spiro atoms. The third-order valence-electron chi connectivity index (χ3n) is 4.14. The molecule has 1 saturated carbocycles. The fraction of sp³-hybridized carbons (Fsp3) is 0.467. The van der Waals surface area contributed by atoms with Gasteiger partial charge in [0.2, 0.25) is 0 Å². The Balaban J connectivity index is 2.26. The van der Waals surface area contributed by atoms with Gasteiger partial charge in [0, 0.05) is 4.47 Å². The standard InChI is InChI=1S/C15H18BrFN2OS/c1-9-5-7-15(8-6-9,14(18)21)19-13(20)12-10(16)3-2-4-11(12)17/h2-4,9H,5-8H2,1H3,(H2,18,21)(H,19,20). The minimum Gasteiger partial charge on any atom is -0.391 e. The van der Waals surface area contributed by atoms with Crippen molar-refractivity contribution in [3.05, 3.63) is 34.1 Å². The minimum absolute atomic E-state index is 0.00764. The van der Waals surface area contributed by atoms with Gasteiger partial charge in [-0.15, -0.1) is 0 Å². The molecule has 3 N–H and O–H groups in total. The van der Waals surface area contributed by atoms with E-state index >= 15 is 0 Å². The van der Waals surface area contributed by atoms with E-state index in [1.54, 1.807) is 12.1 Å². The van der Waals surface area contributed by atoms with Crippen LogP contribution in [0, 0.1) is 11.7 Å². The molecular weight excluding hydrogens is 355 g/mol. The molecule has 0 aromatic heterocycles. The number of nitrogens with one attached hydrogen (secondary N) is 1. The Bertz CT molecular complexity index is 551. The molecule has 1 aliphatic carbocycles. The number of carbonyl (C=O) groups is 1. The molecule has 0 radical (unpaired) electrons. The zero-order valence-electron chi connectivity index (χ0n) is 11.8. The molecule has 21 heavy (non-hydrogen) atoms. The number of nitrogens with two attached hydrogens (primary N) is 1.